The summed E-state index contributed by atoms with van der Waals surface area (Å²) < 4.78 is 12.9. The van der Waals surface area contributed by atoms with E-state index in [1.807, 2.05) is 30.3 Å². The summed E-state index contributed by atoms with van der Waals surface area (Å²) in [6, 6.07) is 11.8. The molecule has 126 valence electrons. The third kappa shape index (κ3) is 4.08. The minimum atomic E-state index is -0.597. The van der Waals surface area contributed by atoms with E-state index in [1.54, 1.807) is 4.90 Å². The lowest BCUT2D eigenvalue weighted by Gasteiger charge is -2.31. The van der Waals surface area contributed by atoms with E-state index in [1.165, 1.54) is 18.3 Å². The van der Waals surface area contributed by atoms with Crippen molar-refractivity contribution in [2.75, 3.05) is 11.9 Å². The molecule has 24 heavy (non-hydrogen) atoms. The fraction of sp³-hybridized carbons (Fsp3) is 0.333. The number of halogens is 1. The predicted molar refractivity (Wildman–Crippen MR) is 88.8 cm³/mol. The van der Waals surface area contributed by atoms with E-state index in [0.717, 1.165) is 18.4 Å². The van der Waals surface area contributed by atoms with Gasteiger partial charge in [0.25, 0.3) is 0 Å². The number of rotatable bonds is 6. The third-order valence-electron chi connectivity index (χ3n) is 4.19. The molecular formula is C18H20FN3O2. The van der Waals surface area contributed by atoms with Gasteiger partial charge in [0, 0.05) is 6.54 Å². The molecule has 2 amide bonds. The summed E-state index contributed by atoms with van der Waals surface area (Å²) in [4.78, 5) is 17.9. The second-order valence-electron chi connectivity index (χ2n) is 6.00. The molecule has 1 saturated carbocycles. The number of amides is 2. The number of carbonyl (C=O) groups excluding carboxylic acids is 1. The molecule has 2 aromatic rings. The largest absolute Gasteiger partial charge is 0.394 e. The number of nitrogens with one attached hydrogen (secondary N) is 1. The minimum absolute atomic E-state index is 0.0768. The highest BCUT2D eigenvalue weighted by Crippen LogP contribution is 2.36. The van der Waals surface area contributed by atoms with Crippen molar-refractivity contribution < 1.29 is 14.3 Å². The Balaban J connectivity index is 1.77. The number of pyridine rings is 1. The molecule has 5 nitrogen and oxygen atoms in total. The van der Waals surface area contributed by atoms with Crippen molar-refractivity contribution in [2.24, 2.45) is 5.92 Å². The summed E-state index contributed by atoms with van der Waals surface area (Å²) in [7, 11) is 0. The predicted octanol–water partition coefficient (Wildman–Crippen LogP) is 3.03. The zero-order valence-electron chi connectivity index (χ0n) is 13.2. The Morgan fingerprint density at radius 3 is 2.62 bits per heavy atom. The molecular weight excluding hydrogens is 309 g/mol. The van der Waals surface area contributed by atoms with Gasteiger partial charge in [-0.3, -0.25) is 0 Å². The van der Waals surface area contributed by atoms with Crippen molar-refractivity contribution in [1.82, 2.24) is 9.88 Å². The van der Waals surface area contributed by atoms with Crippen LogP contribution >= 0.6 is 0 Å². The molecule has 0 bridgehead atoms. The molecule has 1 aromatic heterocycles. The summed E-state index contributed by atoms with van der Waals surface area (Å²) in [6.45, 7) is 0.329. The van der Waals surface area contributed by atoms with Crippen molar-refractivity contribution >= 4 is 11.7 Å². The first-order chi connectivity index (χ1) is 11.7. The van der Waals surface area contributed by atoms with Gasteiger partial charge in [0.05, 0.1) is 24.5 Å². The lowest BCUT2D eigenvalue weighted by atomic mass is 10.1. The second-order valence-corrected chi connectivity index (χ2v) is 6.00. The smallest absolute Gasteiger partial charge is 0.322 e. The highest BCUT2D eigenvalue weighted by atomic mass is 19.1. The molecule has 6 heteroatoms. The van der Waals surface area contributed by atoms with Gasteiger partial charge in [-0.25, -0.2) is 9.78 Å². The van der Waals surface area contributed by atoms with Crippen LogP contribution in [0.2, 0.25) is 0 Å². The Morgan fingerprint density at radius 1 is 1.29 bits per heavy atom. The average Bonchev–Trinajstić information content (AvgIpc) is 3.42. The summed E-state index contributed by atoms with van der Waals surface area (Å²) in [6.07, 6.45) is 3.31. The number of hydrogen-bond acceptors (Lipinski definition) is 3. The number of anilines is 1. The van der Waals surface area contributed by atoms with Gasteiger partial charge in [-0.15, -0.1) is 0 Å². The standard InChI is InChI=1S/C18H20FN3O2/c19-17-9-8-15(10-20-17)21-18(24)22(16(12-23)14-6-7-14)11-13-4-2-1-3-5-13/h1-5,8-10,14,16,23H,6-7,11-12H2,(H,21,24). The molecule has 0 saturated heterocycles. The highest BCUT2D eigenvalue weighted by molar-refractivity contribution is 5.89. The second kappa shape index (κ2) is 7.40. The Kier molecular flexibility index (Phi) is 5.05. The molecule has 1 aliphatic rings. The van der Waals surface area contributed by atoms with Crippen molar-refractivity contribution in [1.29, 1.82) is 0 Å². The topological polar surface area (TPSA) is 65.5 Å². The van der Waals surface area contributed by atoms with Gasteiger partial charge < -0.3 is 15.3 Å². The van der Waals surface area contributed by atoms with Crippen LogP contribution in [0.3, 0.4) is 0 Å². The number of carbonyl (C=O) groups is 1. The van der Waals surface area contributed by atoms with E-state index in [9.17, 15) is 14.3 Å². The van der Waals surface area contributed by atoms with E-state index in [2.05, 4.69) is 10.3 Å². The Morgan fingerprint density at radius 2 is 2.04 bits per heavy atom. The molecule has 0 aliphatic heterocycles. The van der Waals surface area contributed by atoms with E-state index in [-0.39, 0.29) is 18.7 Å². The molecule has 1 heterocycles. The monoisotopic (exact) mass is 329 g/mol. The molecule has 1 aromatic carbocycles. The number of aromatic nitrogens is 1. The van der Waals surface area contributed by atoms with Crippen molar-refractivity contribution in [3.63, 3.8) is 0 Å². The zero-order chi connectivity index (χ0) is 16.9. The Bertz CT molecular complexity index is 674. The van der Waals surface area contributed by atoms with Gasteiger partial charge >= 0.3 is 6.03 Å². The Labute approximate surface area is 140 Å². The molecule has 0 radical (unpaired) electrons. The average molecular weight is 329 g/mol. The maximum Gasteiger partial charge on any atom is 0.322 e. The number of urea groups is 1. The summed E-state index contributed by atoms with van der Waals surface area (Å²) >= 11 is 0. The van der Waals surface area contributed by atoms with Gasteiger partial charge in [-0.05, 0) is 36.5 Å². The fourth-order valence-electron chi connectivity index (χ4n) is 2.75. The van der Waals surface area contributed by atoms with E-state index in [0.29, 0.717) is 18.2 Å². The summed E-state index contributed by atoms with van der Waals surface area (Å²) in [5.74, 6) is -0.267. The first-order valence-electron chi connectivity index (χ1n) is 8.01. The Hall–Kier alpha value is -2.47. The molecule has 1 aliphatic carbocycles. The summed E-state index contributed by atoms with van der Waals surface area (Å²) in [5.41, 5.74) is 1.41. The third-order valence-corrected chi connectivity index (χ3v) is 4.19. The van der Waals surface area contributed by atoms with Crippen LogP contribution in [0, 0.1) is 11.9 Å². The van der Waals surface area contributed by atoms with Crippen LogP contribution in [0.1, 0.15) is 18.4 Å². The van der Waals surface area contributed by atoms with Gasteiger partial charge in [-0.1, -0.05) is 30.3 Å². The van der Waals surface area contributed by atoms with Crippen LogP contribution in [0.25, 0.3) is 0 Å². The van der Waals surface area contributed by atoms with Gasteiger partial charge in [0.1, 0.15) is 0 Å². The normalized spacial score (nSPS) is 14.9. The van der Waals surface area contributed by atoms with E-state index < -0.39 is 5.95 Å². The quantitative estimate of drug-likeness (QED) is 0.801. The summed E-state index contributed by atoms with van der Waals surface area (Å²) in [5, 5.41) is 12.5. The van der Waals surface area contributed by atoms with Crippen LogP contribution in [0.5, 0.6) is 0 Å². The molecule has 1 atom stereocenters. The van der Waals surface area contributed by atoms with Crippen LogP contribution in [-0.4, -0.2) is 33.7 Å². The molecule has 2 N–H and O–H groups in total. The van der Waals surface area contributed by atoms with Gasteiger partial charge in [-0.2, -0.15) is 4.39 Å². The lowest BCUT2D eigenvalue weighted by molar-refractivity contribution is 0.124. The van der Waals surface area contributed by atoms with E-state index in [4.69, 9.17) is 0 Å². The maximum absolute atomic E-state index is 12.9. The fourth-order valence-corrected chi connectivity index (χ4v) is 2.75. The van der Waals surface area contributed by atoms with Gasteiger partial charge in [0.2, 0.25) is 5.95 Å². The van der Waals surface area contributed by atoms with Crippen LogP contribution in [0.15, 0.2) is 48.7 Å². The van der Waals surface area contributed by atoms with E-state index >= 15 is 0 Å². The first-order valence-corrected chi connectivity index (χ1v) is 8.01. The molecule has 0 spiro atoms. The highest BCUT2D eigenvalue weighted by Gasteiger charge is 2.37. The number of nitrogens with zero attached hydrogens (tertiary/aromatic N) is 2. The van der Waals surface area contributed by atoms with Crippen molar-refractivity contribution in [2.45, 2.75) is 25.4 Å². The minimum Gasteiger partial charge on any atom is -0.394 e. The first kappa shape index (κ1) is 16.4. The van der Waals surface area contributed by atoms with Crippen LogP contribution < -0.4 is 5.32 Å². The lowest BCUT2D eigenvalue weighted by Crippen LogP contribution is -2.45. The number of aliphatic hydroxyl groups is 1. The van der Waals surface area contributed by atoms with Crippen molar-refractivity contribution in [3.05, 3.63) is 60.2 Å². The van der Waals surface area contributed by atoms with Crippen molar-refractivity contribution in [3.8, 4) is 0 Å². The number of benzene rings is 1. The zero-order valence-corrected chi connectivity index (χ0v) is 13.2. The maximum atomic E-state index is 12.9. The SMILES string of the molecule is O=C(Nc1ccc(F)nc1)N(Cc1ccccc1)C(CO)C1CC1. The van der Waals surface area contributed by atoms with Gasteiger partial charge in [0.15, 0.2) is 0 Å². The van der Waals surface area contributed by atoms with Crippen LogP contribution in [-0.2, 0) is 6.54 Å². The number of hydrogen-bond donors (Lipinski definition) is 2. The molecule has 1 unspecified atom stereocenters. The molecule has 3 rings (SSSR count). The number of aliphatic hydroxyl groups excluding tert-OH is 1. The molecule has 1 fully saturated rings. The van der Waals surface area contributed by atoms with Crippen LogP contribution in [0.4, 0.5) is 14.9 Å².